The number of aryl methyl sites for hydroxylation is 2. The van der Waals surface area contributed by atoms with E-state index in [-0.39, 0.29) is 54.8 Å². The van der Waals surface area contributed by atoms with Crippen molar-refractivity contribution < 1.29 is 13.5 Å². The molecule has 242 valence electrons. The van der Waals surface area contributed by atoms with Crippen LogP contribution in [0.5, 0.6) is 5.75 Å². The smallest absolute Gasteiger partial charge is 0.123 e. The van der Waals surface area contributed by atoms with Gasteiger partial charge in [-0.2, -0.15) is 0 Å². The number of benzene rings is 3. The summed E-state index contributed by atoms with van der Waals surface area (Å²) in [7, 11) is 1.50. The van der Waals surface area contributed by atoms with Crippen LogP contribution in [0.1, 0.15) is 59.4 Å². The van der Waals surface area contributed by atoms with Crippen LogP contribution in [0, 0.1) is 32.4 Å². The van der Waals surface area contributed by atoms with Gasteiger partial charge >= 0.3 is 0 Å². The number of nitrogens with zero attached hydrogens (tertiary/aromatic N) is 2. The Kier molecular flexibility index (Phi) is 20.7. The van der Waals surface area contributed by atoms with E-state index in [2.05, 4.69) is 48.4 Å². The van der Waals surface area contributed by atoms with Crippen molar-refractivity contribution in [1.29, 1.82) is 0 Å². The quantitative estimate of drug-likeness (QED) is 0.199. The molecule has 2 N–H and O–H groups in total. The summed E-state index contributed by atoms with van der Waals surface area (Å²) in [5.74, 6) is 0.725. The predicted molar refractivity (Wildman–Crippen MR) is 184 cm³/mol. The Morgan fingerprint density at radius 1 is 0.698 bits per heavy atom. The third-order valence-electron chi connectivity index (χ3n) is 7.91. The van der Waals surface area contributed by atoms with Gasteiger partial charge in [0.1, 0.15) is 24.0 Å². The van der Waals surface area contributed by atoms with E-state index in [1.807, 2.05) is 24.3 Å². The molecule has 3 aromatic rings. The van der Waals surface area contributed by atoms with Crippen LogP contribution in [-0.2, 0) is 0 Å². The molecule has 0 bridgehead atoms. The Bertz CT molecular complexity index is 1110. The fraction of sp³-hybridized carbons (Fsp3) is 0.471. The molecule has 4 nitrogen and oxygen atoms in total. The van der Waals surface area contributed by atoms with Gasteiger partial charge in [-0.25, -0.2) is 8.78 Å². The van der Waals surface area contributed by atoms with Gasteiger partial charge in [0.2, 0.25) is 0 Å². The Morgan fingerprint density at radius 2 is 1.19 bits per heavy atom. The fourth-order valence-electron chi connectivity index (χ4n) is 5.45. The number of hydrogen-bond donors (Lipinski definition) is 1. The van der Waals surface area contributed by atoms with Gasteiger partial charge in [-0.3, -0.25) is 4.90 Å². The van der Waals surface area contributed by atoms with Crippen LogP contribution in [0.3, 0.4) is 0 Å². The second kappa shape index (κ2) is 21.7. The maximum Gasteiger partial charge on any atom is 0.123 e. The van der Waals surface area contributed by atoms with E-state index in [0.29, 0.717) is 0 Å². The molecule has 1 saturated heterocycles. The normalized spacial score (nSPS) is 13.2. The molecule has 0 spiro atoms. The monoisotopic (exact) mass is 659 g/mol. The highest BCUT2D eigenvalue weighted by atomic mass is 35.5. The van der Waals surface area contributed by atoms with Crippen LogP contribution >= 0.6 is 37.2 Å². The molecule has 1 aliphatic rings. The van der Waals surface area contributed by atoms with E-state index in [9.17, 15) is 8.78 Å². The number of ether oxygens (including phenoxy) is 1. The van der Waals surface area contributed by atoms with Gasteiger partial charge < -0.3 is 15.4 Å². The first-order valence-corrected chi connectivity index (χ1v) is 14.6. The first-order chi connectivity index (χ1) is 19.4. The number of piperazine rings is 1. The minimum absolute atomic E-state index is 0. The fourth-order valence-corrected chi connectivity index (χ4v) is 5.45. The number of nitrogens with two attached hydrogens (primary N) is 1. The standard InChI is InChI=1S/C33H42F2N2O.CH5N.3ClH/c1-25-23-26(2)27(3)33(24-25)38-22-21-37-19-17-36(18-20-37)16-6-4-5-7-32(28-8-12-30(34)13-9-28)29-10-14-31(35)15-11-29;1-2;;;/h8-15,23-24,32H,4-7,16-22H2,1-3H3;2H2,1H3;3*1H. The zero-order chi connectivity index (χ0) is 28.9. The first kappa shape index (κ1) is 41.1. The highest BCUT2D eigenvalue weighted by Crippen LogP contribution is 2.30. The molecule has 1 heterocycles. The van der Waals surface area contributed by atoms with Crippen molar-refractivity contribution in [2.75, 3.05) is 52.9 Å². The second-order valence-electron chi connectivity index (χ2n) is 10.7. The highest BCUT2D eigenvalue weighted by molar-refractivity contribution is 5.86. The van der Waals surface area contributed by atoms with Crippen molar-refractivity contribution in [3.05, 3.63) is 100 Å². The van der Waals surface area contributed by atoms with Gasteiger partial charge in [0.05, 0.1) is 0 Å². The lowest BCUT2D eigenvalue weighted by Crippen LogP contribution is -2.47. The van der Waals surface area contributed by atoms with Crippen LogP contribution < -0.4 is 10.5 Å². The Labute approximate surface area is 276 Å². The lowest BCUT2D eigenvalue weighted by Gasteiger charge is -2.34. The zero-order valence-corrected chi connectivity index (χ0v) is 28.4. The van der Waals surface area contributed by atoms with Crippen LogP contribution in [0.4, 0.5) is 8.78 Å². The first-order valence-electron chi connectivity index (χ1n) is 14.6. The summed E-state index contributed by atoms with van der Waals surface area (Å²) in [5.41, 5.74) is 10.5. The highest BCUT2D eigenvalue weighted by Gasteiger charge is 2.18. The molecule has 0 amide bonds. The summed E-state index contributed by atoms with van der Waals surface area (Å²) >= 11 is 0. The number of halogens is 5. The summed E-state index contributed by atoms with van der Waals surface area (Å²) in [6, 6.07) is 17.8. The molecule has 0 aliphatic carbocycles. The van der Waals surface area contributed by atoms with E-state index in [1.165, 1.54) is 54.4 Å². The van der Waals surface area contributed by atoms with Gasteiger partial charge in [0.15, 0.2) is 0 Å². The van der Waals surface area contributed by atoms with Gasteiger partial charge in [-0.15, -0.1) is 37.2 Å². The van der Waals surface area contributed by atoms with Crippen molar-refractivity contribution in [3.8, 4) is 5.75 Å². The average molecular weight is 661 g/mol. The Morgan fingerprint density at radius 3 is 1.70 bits per heavy atom. The van der Waals surface area contributed by atoms with E-state index in [0.717, 1.165) is 82.0 Å². The molecular weight excluding hydrogens is 611 g/mol. The van der Waals surface area contributed by atoms with Crippen LogP contribution in [-0.4, -0.2) is 62.7 Å². The molecule has 9 heteroatoms. The second-order valence-corrected chi connectivity index (χ2v) is 10.7. The van der Waals surface area contributed by atoms with E-state index >= 15 is 0 Å². The van der Waals surface area contributed by atoms with Crippen LogP contribution in [0.2, 0.25) is 0 Å². The van der Waals surface area contributed by atoms with E-state index < -0.39 is 0 Å². The molecule has 0 unspecified atom stereocenters. The van der Waals surface area contributed by atoms with Crippen molar-refractivity contribution in [3.63, 3.8) is 0 Å². The summed E-state index contributed by atoms with van der Waals surface area (Å²) in [6.45, 7) is 13.6. The summed E-state index contributed by atoms with van der Waals surface area (Å²) < 4.78 is 33.1. The summed E-state index contributed by atoms with van der Waals surface area (Å²) in [5, 5.41) is 0. The minimum atomic E-state index is -0.226. The topological polar surface area (TPSA) is 41.7 Å². The van der Waals surface area contributed by atoms with Crippen molar-refractivity contribution in [2.45, 2.75) is 52.4 Å². The Balaban J connectivity index is 0.00000345. The SMILES string of the molecule is CN.Cc1cc(C)c(C)c(OCCN2CCN(CCCCCC(c3ccc(F)cc3)c3ccc(F)cc3)CC2)c1.Cl.Cl.Cl. The van der Waals surface area contributed by atoms with Gasteiger partial charge in [0.25, 0.3) is 0 Å². The average Bonchev–Trinajstić information content (AvgIpc) is 2.96. The van der Waals surface area contributed by atoms with E-state index in [1.54, 1.807) is 0 Å². The van der Waals surface area contributed by atoms with Crippen molar-refractivity contribution >= 4 is 37.2 Å². The molecule has 43 heavy (non-hydrogen) atoms. The molecule has 0 saturated carbocycles. The number of rotatable bonds is 12. The van der Waals surface area contributed by atoms with E-state index in [4.69, 9.17) is 4.74 Å². The minimum Gasteiger partial charge on any atom is -0.492 e. The summed E-state index contributed by atoms with van der Waals surface area (Å²) in [4.78, 5) is 5.08. The molecule has 3 aromatic carbocycles. The Hall–Kier alpha value is -1.93. The van der Waals surface area contributed by atoms with Crippen molar-refractivity contribution in [2.24, 2.45) is 5.73 Å². The molecule has 4 rings (SSSR count). The lowest BCUT2D eigenvalue weighted by molar-refractivity contribution is 0.115. The van der Waals surface area contributed by atoms with Crippen molar-refractivity contribution in [1.82, 2.24) is 9.80 Å². The molecular formula is C34H50Cl3F2N3O. The molecule has 1 fully saturated rings. The zero-order valence-electron chi connectivity index (χ0n) is 26.0. The largest absolute Gasteiger partial charge is 0.492 e. The molecule has 0 radical (unpaired) electrons. The van der Waals surface area contributed by atoms with Crippen LogP contribution in [0.15, 0.2) is 60.7 Å². The van der Waals surface area contributed by atoms with Gasteiger partial charge in [-0.1, -0.05) is 43.2 Å². The predicted octanol–water partition coefficient (Wildman–Crippen LogP) is 8.12. The lowest BCUT2D eigenvalue weighted by atomic mass is 9.87. The number of unbranched alkanes of at least 4 members (excludes halogenated alkanes) is 2. The maximum atomic E-state index is 13.5. The molecule has 0 atom stereocenters. The molecule has 1 aliphatic heterocycles. The van der Waals surface area contributed by atoms with Gasteiger partial charge in [-0.05, 0) is 105 Å². The van der Waals surface area contributed by atoms with Gasteiger partial charge in [0, 0.05) is 38.6 Å². The maximum absolute atomic E-state index is 13.5. The van der Waals surface area contributed by atoms with Crippen LogP contribution in [0.25, 0.3) is 0 Å². The molecule has 0 aromatic heterocycles. The third kappa shape index (κ3) is 13.3. The third-order valence-corrected chi connectivity index (χ3v) is 7.91. The summed E-state index contributed by atoms with van der Waals surface area (Å²) in [6.07, 6.45) is 4.40. The number of hydrogen-bond acceptors (Lipinski definition) is 4.